The molecule has 2 aromatic heterocycles. The number of amides is 2. The average Bonchev–Trinajstić information content (AvgIpc) is 3.14. The van der Waals surface area contributed by atoms with E-state index in [4.69, 9.17) is 29.0 Å². The predicted octanol–water partition coefficient (Wildman–Crippen LogP) is 3.68. The van der Waals surface area contributed by atoms with Gasteiger partial charge in [-0.15, -0.1) is 0 Å². The lowest BCUT2D eigenvalue weighted by molar-refractivity contribution is -0.141. The number of nitrogens with zero attached hydrogens (tertiary/aromatic N) is 4. The third-order valence-electron chi connectivity index (χ3n) is 3.78. The lowest BCUT2D eigenvalue weighted by Gasteiger charge is -2.17. The number of hydrazine groups is 1. The molecule has 3 rings (SSSR count). The highest BCUT2D eigenvalue weighted by molar-refractivity contribution is 6.34. The molecule has 0 saturated carbocycles. The van der Waals surface area contributed by atoms with Gasteiger partial charge in [-0.25, -0.2) is 20.5 Å². The number of anilines is 2. The van der Waals surface area contributed by atoms with Crippen molar-refractivity contribution < 1.29 is 22.8 Å². The third-order valence-corrected chi connectivity index (χ3v) is 4.38. The van der Waals surface area contributed by atoms with Crippen LogP contribution in [0, 0.1) is 0 Å². The van der Waals surface area contributed by atoms with Gasteiger partial charge in [0.1, 0.15) is 11.4 Å². The third kappa shape index (κ3) is 4.22. The number of alkyl halides is 3. The molecule has 1 aromatic carbocycles. The van der Waals surface area contributed by atoms with Gasteiger partial charge in [-0.1, -0.05) is 29.3 Å². The van der Waals surface area contributed by atoms with Gasteiger partial charge >= 0.3 is 6.18 Å². The van der Waals surface area contributed by atoms with Crippen molar-refractivity contribution in [1.82, 2.24) is 14.8 Å². The van der Waals surface area contributed by atoms with Crippen molar-refractivity contribution in [2.75, 3.05) is 10.3 Å². The van der Waals surface area contributed by atoms with E-state index < -0.39 is 23.5 Å². The molecule has 0 unspecified atom stereocenters. The van der Waals surface area contributed by atoms with E-state index in [0.29, 0.717) is 15.8 Å². The van der Waals surface area contributed by atoms with Crippen molar-refractivity contribution in [3.05, 3.63) is 64.0 Å². The fraction of sp³-hybridized carbons (Fsp3) is 0.0588. The smallest absolute Gasteiger partial charge is 0.319 e. The van der Waals surface area contributed by atoms with Gasteiger partial charge in [0.25, 0.3) is 5.91 Å². The quantitative estimate of drug-likeness (QED) is 0.262. The molecule has 8 nitrogen and oxygen atoms in total. The van der Waals surface area contributed by atoms with Crippen LogP contribution in [0.3, 0.4) is 0 Å². The van der Waals surface area contributed by atoms with Crippen LogP contribution in [-0.4, -0.2) is 27.1 Å². The second-order valence-electron chi connectivity index (χ2n) is 5.74. The molecule has 2 amide bonds. The van der Waals surface area contributed by atoms with Crippen molar-refractivity contribution in [2.24, 2.45) is 5.84 Å². The van der Waals surface area contributed by atoms with E-state index in [1.807, 2.05) is 0 Å². The summed E-state index contributed by atoms with van der Waals surface area (Å²) in [6, 6.07) is 7.62. The first kappa shape index (κ1) is 21.6. The van der Waals surface area contributed by atoms with Crippen LogP contribution in [0.4, 0.5) is 24.5 Å². The fourth-order valence-electron chi connectivity index (χ4n) is 2.49. The first-order chi connectivity index (χ1) is 14.1. The molecule has 30 heavy (non-hydrogen) atoms. The summed E-state index contributed by atoms with van der Waals surface area (Å²) in [5.74, 6) is 4.37. The SMILES string of the molecule is NN(C=O)c1c(Cl)cccc1NC(=O)c1cc(C(F)(F)F)nn1-c1ncccc1Cl. The van der Waals surface area contributed by atoms with Crippen LogP contribution in [-0.2, 0) is 11.0 Å². The minimum atomic E-state index is -4.83. The van der Waals surface area contributed by atoms with Crippen LogP contribution in [0.25, 0.3) is 5.82 Å². The Labute approximate surface area is 177 Å². The molecule has 0 atom stereocenters. The summed E-state index contributed by atoms with van der Waals surface area (Å²) in [4.78, 5) is 27.7. The van der Waals surface area contributed by atoms with Gasteiger partial charge in [0.2, 0.25) is 6.41 Å². The number of benzene rings is 1. The van der Waals surface area contributed by atoms with Crippen LogP contribution in [0.2, 0.25) is 10.0 Å². The average molecular weight is 459 g/mol. The molecule has 0 radical (unpaired) electrons. The van der Waals surface area contributed by atoms with Gasteiger partial charge in [0.15, 0.2) is 11.5 Å². The Morgan fingerprint density at radius 2 is 1.90 bits per heavy atom. The summed E-state index contributed by atoms with van der Waals surface area (Å²) in [5.41, 5.74) is -1.91. The first-order valence-electron chi connectivity index (χ1n) is 8.00. The zero-order chi connectivity index (χ0) is 22.1. The van der Waals surface area contributed by atoms with Crippen LogP contribution < -0.4 is 16.2 Å². The Hall–Kier alpha value is -3.15. The summed E-state index contributed by atoms with van der Waals surface area (Å²) < 4.78 is 40.3. The number of carbonyl (C=O) groups is 2. The Morgan fingerprint density at radius 1 is 1.20 bits per heavy atom. The van der Waals surface area contributed by atoms with Crippen LogP contribution in [0.15, 0.2) is 42.6 Å². The summed E-state index contributed by atoms with van der Waals surface area (Å²) in [6.07, 6.45) is -3.30. The largest absolute Gasteiger partial charge is 0.435 e. The van der Waals surface area contributed by atoms with Gasteiger partial charge in [0.05, 0.1) is 15.7 Å². The number of aromatic nitrogens is 3. The van der Waals surface area contributed by atoms with Gasteiger partial charge in [-0.05, 0) is 24.3 Å². The molecule has 0 aliphatic carbocycles. The minimum absolute atomic E-state index is 0.0180. The Morgan fingerprint density at radius 3 is 2.53 bits per heavy atom. The molecule has 0 fully saturated rings. The maximum Gasteiger partial charge on any atom is 0.435 e. The topological polar surface area (TPSA) is 106 Å². The number of para-hydroxylation sites is 1. The predicted molar refractivity (Wildman–Crippen MR) is 104 cm³/mol. The van der Waals surface area contributed by atoms with Crippen LogP contribution in [0.5, 0.6) is 0 Å². The van der Waals surface area contributed by atoms with Crippen molar-refractivity contribution in [3.63, 3.8) is 0 Å². The summed E-state index contributed by atoms with van der Waals surface area (Å²) >= 11 is 12.0. The lowest BCUT2D eigenvalue weighted by atomic mass is 10.2. The van der Waals surface area contributed by atoms with E-state index in [2.05, 4.69) is 15.4 Å². The summed E-state index contributed by atoms with van der Waals surface area (Å²) in [6.45, 7) is 0. The van der Waals surface area contributed by atoms with Gasteiger partial charge in [-0.3, -0.25) is 9.59 Å². The highest BCUT2D eigenvalue weighted by atomic mass is 35.5. The zero-order valence-electron chi connectivity index (χ0n) is 14.7. The van der Waals surface area contributed by atoms with E-state index in [0.717, 1.165) is 0 Å². The van der Waals surface area contributed by atoms with E-state index in [1.165, 1.54) is 36.5 Å². The van der Waals surface area contributed by atoms with Crippen molar-refractivity contribution in [3.8, 4) is 5.82 Å². The zero-order valence-corrected chi connectivity index (χ0v) is 16.2. The Bertz CT molecular complexity index is 1120. The van der Waals surface area contributed by atoms with E-state index in [-0.39, 0.29) is 33.6 Å². The van der Waals surface area contributed by atoms with Gasteiger partial charge in [0, 0.05) is 12.3 Å². The molecule has 156 valence electrons. The Kier molecular flexibility index (Phi) is 5.97. The van der Waals surface area contributed by atoms with Gasteiger partial charge < -0.3 is 5.32 Å². The summed E-state index contributed by atoms with van der Waals surface area (Å²) in [7, 11) is 0. The molecule has 0 aliphatic heterocycles. The monoisotopic (exact) mass is 458 g/mol. The lowest BCUT2D eigenvalue weighted by Crippen LogP contribution is -2.30. The molecular weight excluding hydrogens is 448 g/mol. The maximum atomic E-state index is 13.2. The number of nitrogens with one attached hydrogen (secondary N) is 1. The molecule has 0 bridgehead atoms. The molecule has 2 heterocycles. The van der Waals surface area contributed by atoms with E-state index in [9.17, 15) is 22.8 Å². The molecule has 3 aromatic rings. The van der Waals surface area contributed by atoms with Crippen molar-refractivity contribution in [2.45, 2.75) is 6.18 Å². The maximum absolute atomic E-state index is 13.2. The minimum Gasteiger partial charge on any atom is -0.319 e. The number of carbonyl (C=O) groups excluding carboxylic acids is 2. The highest BCUT2D eigenvalue weighted by Crippen LogP contribution is 2.34. The van der Waals surface area contributed by atoms with Crippen LogP contribution >= 0.6 is 23.2 Å². The first-order valence-corrected chi connectivity index (χ1v) is 8.76. The molecule has 0 saturated heterocycles. The van der Waals surface area contributed by atoms with Gasteiger partial charge in [-0.2, -0.15) is 18.3 Å². The normalized spacial score (nSPS) is 11.3. The number of rotatable bonds is 5. The van der Waals surface area contributed by atoms with E-state index in [1.54, 1.807) is 0 Å². The number of hydrogen-bond donors (Lipinski definition) is 2. The fourth-order valence-corrected chi connectivity index (χ4v) is 2.97. The van der Waals surface area contributed by atoms with Crippen LogP contribution in [0.1, 0.15) is 16.2 Å². The number of halogens is 5. The number of pyridine rings is 1. The molecule has 0 aliphatic rings. The molecule has 0 spiro atoms. The molecule has 13 heteroatoms. The second kappa shape index (κ2) is 8.30. The number of nitrogens with two attached hydrogens (primary N) is 1. The molecular formula is C17H11Cl2F3N6O2. The second-order valence-corrected chi connectivity index (χ2v) is 6.55. The molecule has 3 N–H and O–H groups in total. The highest BCUT2D eigenvalue weighted by Gasteiger charge is 2.36. The van der Waals surface area contributed by atoms with Crippen molar-refractivity contribution >= 4 is 46.9 Å². The summed E-state index contributed by atoms with van der Waals surface area (Å²) in [5, 5.41) is 6.42. The number of hydrogen-bond acceptors (Lipinski definition) is 5. The standard InChI is InChI=1S/C17H11Cl2F3N6O2/c18-9-3-1-5-11(14(9)27(23)8-29)25-16(30)12-7-13(17(20,21)22)26-28(12)15-10(19)4-2-6-24-15/h1-8H,23H2,(H,25,30). The van der Waals surface area contributed by atoms with E-state index >= 15 is 0 Å². The van der Waals surface area contributed by atoms with Crippen molar-refractivity contribution in [1.29, 1.82) is 0 Å². The Balaban J connectivity index is 2.09.